The number of nitrogens with two attached hydrogens (primary N) is 1. The highest BCUT2D eigenvalue weighted by Crippen LogP contribution is 2.43. The van der Waals surface area contributed by atoms with Crippen molar-refractivity contribution in [2.75, 3.05) is 27.1 Å². The molecule has 1 aromatic carbocycles. The van der Waals surface area contributed by atoms with Gasteiger partial charge in [-0.3, -0.25) is 0 Å². The van der Waals surface area contributed by atoms with Crippen LogP contribution >= 0.6 is 11.3 Å². The van der Waals surface area contributed by atoms with Gasteiger partial charge in [0.15, 0.2) is 22.3 Å². The van der Waals surface area contributed by atoms with Gasteiger partial charge in [0.2, 0.25) is 5.75 Å². The number of fused-ring (bicyclic) bond motifs is 1. The average molecular weight is 385 g/mol. The molecule has 0 amide bonds. The van der Waals surface area contributed by atoms with Gasteiger partial charge in [0, 0.05) is 5.56 Å². The van der Waals surface area contributed by atoms with Gasteiger partial charge in [-0.05, 0) is 18.2 Å². The van der Waals surface area contributed by atoms with E-state index in [4.69, 9.17) is 19.9 Å². The molecule has 0 fully saturated rings. The van der Waals surface area contributed by atoms with E-state index in [1.54, 1.807) is 0 Å². The lowest BCUT2D eigenvalue weighted by atomic mass is 10.1. The number of thiazole rings is 1. The van der Waals surface area contributed by atoms with Crippen LogP contribution in [0.1, 0.15) is 5.56 Å². The van der Waals surface area contributed by atoms with E-state index in [9.17, 15) is 13.2 Å². The fourth-order valence-corrected chi connectivity index (χ4v) is 3.32. The van der Waals surface area contributed by atoms with Crippen LogP contribution < -0.4 is 19.9 Å². The van der Waals surface area contributed by atoms with E-state index in [0.717, 1.165) is 17.4 Å². The van der Waals surface area contributed by atoms with E-state index in [1.807, 2.05) is 0 Å². The van der Waals surface area contributed by atoms with Crippen LogP contribution in [0.15, 0.2) is 18.2 Å². The third-order valence-electron chi connectivity index (χ3n) is 3.64. The third kappa shape index (κ3) is 3.07. The fraction of sp³-hybridized carbons (Fsp3) is 0.250. The van der Waals surface area contributed by atoms with Gasteiger partial charge in [0.05, 0.1) is 37.3 Å². The molecule has 26 heavy (non-hydrogen) atoms. The van der Waals surface area contributed by atoms with Crippen molar-refractivity contribution in [2.45, 2.75) is 6.18 Å². The topological polar surface area (TPSA) is 79.5 Å². The maximum Gasteiger partial charge on any atom is 0.417 e. The molecule has 0 spiro atoms. The number of alkyl halides is 3. The van der Waals surface area contributed by atoms with E-state index >= 15 is 0 Å². The number of anilines is 1. The minimum atomic E-state index is -4.57. The summed E-state index contributed by atoms with van der Waals surface area (Å²) in [6, 6.07) is 4.00. The smallest absolute Gasteiger partial charge is 0.417 e. The Kier molecular flexibility index (Phi) is 4.53. The monoisotopic (exact) mass is 385 g/mol. The van der Waals surface area contributed by atoms with E-state index < -0.39 is 11.7 Å². The highest BCUT2D eigenvalue weighted by molar-refractivity contribution is 7.22. The summed E-state index contributed by atoms with van der Waals surface area (Å²) in [6.07, 6.45) is -4.57. The Morgan fingerprint density at radius 3 is 2.08 bits per heavy atom. The number of hydrogen-bond donors (Lipinski definition) is 1. The molecule has 3 aromatic rings. The zero-order valence-corrected chi connectivity index (χ0v) is 14.8. The Morgan fingerprint density at radius 1 is 0.962 bits per heavy atom. The lowest BCUT2D eigenvalue weighted by Crippen LogP contribution is -2.06. The van der Waals surface area contributed by atoms with E-state index in [1.165, 1.54) is 33.5 Å². The summed E-state index contributed by atoms with van der Waals surface area (Å²) >= 11 is 0.746. The second-order valence-electron chi connectivity index (χ2n) is 5.17. The molecule has 0 aliphatic rings. The third-order valence-corrected chi connectivity index (χ3v) is 4.55. The number of ether oxygens (including phenoxy) is 3. The van der Waals surface area contributed by atoms with Crippen LogP contribution in [0.2, 0.25) is 0 Å². The van der Waals surface area contributed by atoms with Gasteiger partial charge in [-0.2, -0.15) is 13.2 Å². The zero-order valence-electron chi connectivity index (χ0n) is 14.0. The van der Waals surface area contributed by atoms with Gasteiger partial charge >= 0.3 is 6.18 Å². The zero-order chi connectivity index (χ0) is 19.1. The second-order valence-corrected chi connectivity index (χ2v) is 6.20. The lowest BCUT2D eigenvalue weighted by molar-refractivity contribution is -0.136. The fourth-order valence-electron chi connectivity index (χ4n) is 2.52. The quantitative estimate of drug-likeness (QED) is 0.732. The Labute approximate surface area is 150 Å². The van der Waals surface area contributed by atoms with E-state index in [-0.39, 0.29) is 21.2 Å². The molecule has 0 bridgehead atoms. The highest BCUT2D eigenvalue weighted by atomic mass is 32.1. The number of methoxy groups -OCH3 is 3. The first-order valence-electron chi connectivity index (χ1n) is 7.23. The predicted octanol–water partition coefficient (Wildman–Crippen LogP) is 3.99. The maximum atomic E-state index is 13.5. The first-order valence-corrected chi connectivity index (χ1v) is 8.04. The van der Waals surface area contributed by atoms with Crippen LogP contribution in [0.4, 0.5) is 18.3 Å². The minimum Gasteiger partial charge on any atom is -0.493 e. The Hall–Kier alpha value is -2.75. The van der Waals surface area contributed by atoms with Crippen molar-refractivity contribution in [2.24, 2.45) is 0 Å². The molecule has 2 heterocycles. The number of nitrogens with zero attached hydrogens (tertiary/aromatic N) is 2. The first-order chi connectivity index (χ1) is 12.3. The summed E-state index contributed by atoms with van der Waals surface area (Å²) in [5.41, 5.74) is 5.08. The van der Waals surface area contributed by atoms with Gasteiger partial charge in [0.1, 0.15) is 0 Å². The Balaban J connectivity index is 2.29. The van der Waals surface area contributed by atoms with Gasteiger partial charge in [-0.1, -0.05) is 11.3 Å². The van der Waals surface area contributed by atoms with Crippen molar-refractivity contribution in [1.29, 1.82) is 0 Å². The molecule has 0 aliphatic carbocycles. The SMILES string of the molecule is COc1cc(-c2cc(C(F)(F)F)c3sc(N)nc3n2)cc(OC)c1OC. The molecule has 138 valence electrons. The number of aromatic nitrogens is 2. The number of nitrogen functional groups attached to an aromatic ring is 1. The van der Waals surface area contributed by atoms with Gasteiger partial charge in [-0.15, -0.1) is 0 Å². The summed E-state index contributed by atoms with van der Waals surface area (Å²) in [4.78, 5) is 8.10. The summed E-state index contributed by atoms with van der Waals surface area (Å²) in [5.74, 6) is 0.930. The number of halogens is 3. The minimum absolute atomic E-state index is 0.0139. The van der Waals surface area contributed by atoms with Crippen molar-refractivity contribution in [3.63, 3.8) is 0 Å². The molecule has 0 aliphatic heterocycles. The molecule has 0 saturated carbocycles. The van der Waals surface area contributed by atoms with Crippen molar-refractivity contribution in [1.82, 2.24) is 9.97 Å². The van der Waals surface area contributed by atoms with Gasteiger partial charge in [0.25, 0.3) is 0 Å². The second kappa shape index (κ2) is 6.52. The van der Waals surface area contributed by atoms with Crippen LogP contribution in [-0.2, 0) is 6.18 Å². The molecule has 2 N–H and O–H groups in total. The number of benzene rings is 1. The molecule has 0 saturated heterocycles. The lowest BCUT2D eigenvalue weighted by Gasteiger charge is -2.15. The van der Waals surface area contributed by atoms with Crippen molar-refractivity contribution in [3.05, 3.63) is 23.8 Å². The molecule has 6 nitrogen and oxygen atoms in total. The van der Waals surface area contributed by atoms with Crippen LogP contribution in [-0.4, -0.2) is 31.3 Å². The molecular weight excluding hydrogens is 371 g/mol. The molecule has 0 radical (unpaired) electrons. The maximum absolute atomic E-state index is 13.5. The average Bonchev–Trinajstić information content (AvgIpc) is 2.98. The molecule has 2 aromatic heterocycles. The molecule has 10 heteroatoms. The van der Waals surface area contributed by atoms with E-state index in [2.05, 4.69) is 9.97 Å². The van der Waals surface area contributed by atoms with Gasteiger partial charge < -0.3 is 19.9 Å². The van der Waals surface area contributed by atoms with Crippen molar-refractivity contribution in [3.8, 4) is 28.5 Å². The summed E-state index contributed by atoms with van der Waals surface area (Å²) in [6.45, 7) is 0. The summed E-state index contributed by atoms with van der Waals surface area (Å²) in [5, 5.41) is 0.0139. The Bertz CT molecular complexity index is 948. The number of hydrogen-bond acceptors (Lipinski definition) is 7. The first kappa shape index (κ1) is 18.1. The summed E-state index contributed by atoms with van der Waals surface area (Å²) < 4.78 is 56.0. The standard InChI is InChI=1S/C16H14F3N3O3S/c1-23-10-4-7(5-11(24-2)12(10)25-3)9-6-8(16(17,18)19)13-14(21-9)22-15(20)26-13/h4-6H,1-3H3,(H2,20,21,22). The van der Waals surface area contributed by atoms with E-state index in [0.29, 0.717) is 22.8 Å². The van der Waals surface area contributed by atoms with Crippen LogP contribution in [0.25, 0.3) is 21.6 Å². The van der Waals surface area contributed by atoms with Gasteiger partial charge in [-0.25, -0.2) is 9.97 Å². The Morgan fingerprint density at radius 2 is 1.58 bits per heavy atom. The van der Waals surface area contributed by atoms with Crippen LogP contribution in [0.3, 0.4) is 0 Å². The summed E-state index contributed by atoms with van der Waals surface area (Å²) in [7, 11) is 4.27. The molecular formula is C16H14F3N3O3S. The van der Waals surface area contributed by atoms with Crippen LogP contribution in [0.5, 0.6) is 17.2 Å². The highest BCUT2D eigenvalue weighted by Gasteiger charge is 2.35. The molecule has 0 unspecified atom stereocenters. The number of rotatable bonds is 4. The molecule has 3 rings (SSSR count). The van der Waals surface area contributed by atoms with Crippen molar-refractivity contribution < 1.29 is 27.4 Å². The van der Waals surface area contributed by atoms with Crippen molar-refractivity contribution >= 4 is 26.8 Å². The normalized spacial score (nSPS) is 11.6. The predicted molar refractivity (Wildman–Crippen MR) is 91.9 cm³/mol. The van der Waals surface area contributed by atoms with Crippen LogP contribution in [0, 0.1) is 0 Å². The largest absolute Gasteiger partial charge is 0.493 e. The number of pyridine rings is 1. The molecule has 0 atom stereocenters.